The molecule has 1 aromatic carbocycles. The van der Waals surface area contributed by atoms with Gasteiger partial charge in [-0.3, -0.25) is 19.5 Å². The Labute approximate surface area is 243 Å². The SMILES string of the molecule is CCN(c1cc(Cl)cc(C(=O)NCc2c(C)[nH]c(C)cc2=O)c1C)C1CCC(N(C)C(C)c2cccnc2)CC1. The van der Waals surface area contributed by atoms with Crippen LogP contribution in [-0.2, 0) is 6.54 Å². The van der Waals surface area contributed by atoms with Crippen molar-refractivity contribution in [2.24, 2.45) is 0 Å². The van der Waals surface area contributed by atoms with Crippen molar-refractivity contribution in [3.63, 3.8) is 0 Å². The average Bonchev–Trinajstić information content (AvgIpc) is 2.94. The average molecular weight is 564 g/mol. The Balaban J connectivity index is 1.46. The van der Waals surface area contributed by atoms with E-state index >= 15 is 0 Å². The number of halogens is 1. The molecule has 2 heterocycles. The molecule has 1 unspecified atom stereocenters. The molecule has 1 aliphatic rings. The van der Waals surface area contributed by atoms with Gasteiger partial charge < -0.3 is 15.2 Å². The highest BCUT2D eigenvalue weighted by Crippen LogP contribution is 2.35. The summed E-state index contributed by atoms with van der Waals surface area (Å²) in [6, 6.07) is 10.6. The third-order valence-electron chi connectivity index (χ3n) is 8.61. The van der Waals surface area contributed by atoms with Crippen molar-refractivity contribution in [2.75, 3.05) is 18.5 Å². The summed E-state index contributed by atoms with van der Waals surface area (Å²) in [6.45, 7) is 11.1. The van der Waals surface area contributed by atoms with Crippen molar-refractivity contribution in [1.82, 2.24) is 20.2 Å². The number of anilines is 1. The van der Waals surface area contributed by atoms with Crippen LogP contribution in [-0.4, -0.2) is 46.5 Å². The first-order valence-corrected chi connectivity index (χ1v) is 14.6. The third kappa shape index (κ3) is 6.58. The van der Waals surface area contributed by atoms with Crippen LogP contribution in [0.4, 0.5) is 5.69 Å². The zero-order valence-corrected chi connectivity index (χ0v) is 25.3. The molecule has 2 N–H and O–H groups in total. The number of H-pyrrole nitrogens is 1. The molecule has 3 aromatic rings. The zero-order valence-electron chi connectivity index (χ0n) is 24.6. The summed E-state index contributed by atoms with van der Waals surface area (Å²) in [6.07, 6.45) is 8.15. The lowest BCUT2D eigenvalue weighted by atomic mass is 9.87. The fourth-order valence-corrected chi connectivity index (χ4v) is 6.35. The van der Waals surface area contributed by atoms with E-state index in [1.54, 1.807) is 12.1 Å². The molecule has 1 saturated carbocycles. The summed E-state index contributed by atoms with van der Waals surface area (Å²) in [5.41, 5.74) is 5.75. The topological polar surface area (TPSA) is 81.3 Å². The van der Waals surface area contributed by atoms with Gasteiger partial charge in [-0.1, -0.05) is 17.7 Å². The smallest absolute Gasteiger partial charge is 0.251 e. The molecule has 40 heavy (non-hydrogen) atoms. The highest BCUT2D eigenvalue weighted by Gasteiger charge is 2.30. The Kier molecular flexibility index (Phi) is 9.69. The number of aromatic amines is 1. The van der Waals surface area contributed by atoms with E-state index in [1.807, 2.05) is 45.3 Å². The van der Waals surface area contributed by atoms with Gasteiger partial charge in [0.25, 0.3) is 5.91 Å². The first kappa shape index (κ1) is 29.8. The second kappa shape index (κ2) is 13.0. The molecule has 1 atom stereocenters. The van der Waals surface area contributed by atoms with Crippen molar-refractivity contribution in [2.45, 2.75) is 85.0 Å². The fraction of sp³-hybridized carbons (Fsp3) is 0.469. The van der Waals surface area contributed by atoms with Crippen LogP contribution in [0.3, 0.4) is 0 Å². The van der Waals surface area contributed by atoms with Crippen molar-refractivity contribution in [3.05, 3.63) is 91.6 Å². The number of carbonyl (C=O) groups is 1. The highest BCUT2D eigenvalue weighted by atomic mass is 35.5. The molecular weight excluding hydrogens is 522 g/mol. The van der Waals surface area contributed by atoms with Gasteiger partial charge in [0.15, 0.2) is 5.43 Å². The number of hydrogen-bond donors (Lipinski definition) is 2. The van der Waals surface area contributed by atoms with Crippen molar-refractivity contribution in [1.29, 1.82) is 0 Å². The number of amides is 1. The largest absolute Gasteiger partial charge is 0.369 e. The van der Waals surface area contributed by atoms with E-state index in [-0.39, 0.29) is 17.9 Å². The minimum atomic E-state index is -0.230. The molecule has 7 nitrogen and oxygen atoms in total. The molecule has 0 radical (unpaired) electrons. The second-order valence-electron chi connectivity index (χ2n) is 11.1. The number of benzene rings is 1. The van der Waals surface area contributed by atoms with Crippen molar-refractivity contribution in [3.8, 4) is 0 Å². The quantitative estimate of drug-likeness (QED) is 0.328. The van der Waals surface area contributed by atoms with E-state index in [0.29, 0.717) is 34.3 Å². The molecule has 0 spiro atoms. The minimum absolute atomic E-state index is 0.0780. The van der Waals surface area contributed by atoms with Crippen molar-refractivity contribution >= 4 is 23.2 Å². The van der Waals surface area contributed by atoms with Gasteiger partial charge in [0.05, 0.1) is 0 Å². The van der Waals surface area contributed by atoms with Gasteiger partial charge >= 0.3 is 0 Å². The molecule has 8 heteroatoms. The van der Waals surface area contributed by atoms with Crippen LogP contribution in [0.5, 0.6) is 0 Å². The van der Waals surface area contributed by atoms with Crippen LogP contribution >= 0.6 is 11.6 Å². The monoisotopic (exact) mass is 563 g/mol. The number of nitrogens with zero attached hydrogens (tertiary/aromatic N) is 3. The Morgan fingerprint density at radius 2 is 1.85 bits per heavy atom. The first-order chi connectivity index (χ1) is 19.1. The molecule has 4 rings (SSSR count). The Bertz CT molecular complexity index is 1380. The normalized spacial score (nSPS) is 18.0. The van der Waals surface area contributed by atoms with Crippen LogP contribution in [0, 0.1) is 20.8 Å². The van der Waals surface area contributed by atoms with Gasteiger partial charge in [-0.05, 0) is 96.7 Å². The number of aryl methyl sites for hydroxylation is 2. The van der Waals surface area contributed by atoms with Gasteiger partial charge in [-0.25, -0.2) is 0 Å². The van der Waals surface area contributed by atoms with E-state index in [1.165, 1.54) is 5.56 Å². The number of hydrogen-bond acceptors (Lipinski definition) is 5. The number of carbonyl (C=O) groups excluding carboxylic acids is 1. The van der Waals surface area contributed by atoms with Crippen LogP contribution < -0.4 is 15.6 Å². The molecule has 2 aromatic heterocycles. The molecule has 1 amide bonds. The molecular formula is C32H42ClN5O2. The summed E-state index contributed by atoms with van der Waals surface area (Å²) in [4.78, 5) is 38.1. The predicted molar refractivity (Wildman–Crippen MR) is 163 cm³/mol. The first-order valence-electron chi connectivity index (χ1n) is 14.3. The lowest BCUT2D eigenvalue weighted by Crippen LogP contribution is -2.44. The summed E-state index contributed by atoms with van der Waals surface area (Å²) < 4.78 is 0. The van der Waals surface area contributed by atoms with Gasteiger partial charge in [0.2, 0.25) is 0 Å². The van der Waals surface area contributed by atoms with E-state index in [4.69, 9.17) is 11.6 Å². The van der Waals surface area contributed by atoms with E-state index in [2.05, 4.69) is 52.0 Å². The van der Waals surface area contributed by atoms with Crippen LogP contribution in [0.1, 0.15) is 84.0 Å². The number of aromatic nitrogens is 2. The molecule has 1 aliphatic carbocycles. The molecule has 0 aliphatic heterocycles. The minimum Gasteiger partial charge on any atom is -0.369 e. The maximum Gasteiger partial charge on any atom is 0.251 e. The van der Waals surface area contributed by atoms with Crippen LogP contribution in [0.25, 0.3) is 0 Å². The van der Waals surface area contributed by atoms with E-state index in [9.17, 15) is 9.59 Å². The summed E-state index contributed by atoms with van der Waals surface area (Å²) in [5, 5.41) is 3.48. The van der Waals surface area contributed by atoms with E-state index < -0.39 is 0 Å². The maximum absolute atomic E-state index is 13.3. The Morgan fingerprint density at radius 3 is 2.48 bits per heavy atom. The predicted octanol–water partition coefficient (Wildman–Crippen LogP) is 6.11. The molecule has 214 valence electrons. The lowest BCUT2D eigenvalue weighted by Gasteiger charge is -2.42. The molecule has 0 bridgehead atoms. The van der Waals surface area contributed by atoms with Gasteiger partial charge in [-0.15, -0.1) is 0 Å². The second-order valence-corrected chi connectivity index (χ2v) is 11.5. The van der Waals surface area contributed by atoms with Crippen LogP contribution in [0.15, 0.2) is 47.5 Å². The summed E-state index contributed by atoms with van der Waals surface area (Å²) in [5.74, 6) is -0.230. The van der Waals surface area contributed by atoms with Gasteiger partial charge in [-0.2, -0.15) is 0 Å². The Hall–Kier alpha value is -3.16. The standard InChI is InChI=1S/C32H42ClN5O2/c1-7-38(27-12-10-26(11-13-27)37(6)23(5)24-9-8-14-34-18-24)30-17-25(33)16-28(21(30)3)32(40)35-19-29-22(4)36-20(2)15-31(29)39/h8-9,14-18,23,26-27H,7,10-13,19H2,1-6H3,(H,35,40)(H,36,39). The van der Waals surface area contributed by atoms with Gasteiger partial charge in [0.1, 0.15) is 0 Å². The van der Waals surface area contributed by atoms with E-state index in [0.717, 1.165) is 54.9 Å². The number of nitrogens with one attached hydrogen (secondary N) is 2. The zero-order chi connectivity index (χ0) is 29.0. The Morgan fingerprint density at radius 1 is 1.15 bits per heavy atom. The maximum atomic E-state index is 13.3. The highest BCUT2D eigenvalue weighted by molar-refractivity contribution is 6.31. The third-order valence-corrected chi connectivity index (χ3v) is 8.83. The fourth-order valence-electron chi connectivity index (χ4n) is 6.14. The number of pyridine rings is 2. The summed E-state index contributed by atoms with van der Waals surface area (Å²) in [7, 11) is 2.22. The summed E-state index contributed by atoms with van der Waals surface area (Å²) >= 11 is 6.58. The number of rotatable bonds is 9. The molecule has 1 fully saturated rings. The molecule has 0 saturated heterocycles. The van der Waals surface area contributed by atoms with Gasteiger partial charge in [0, 0.05) is 82.9 Å². The van der Waals surface area contributed by atoms with Crippen LogP contribution in [0.2, 0.25) is 5.02 Å². The van der Waals surface area contributed by atoms with Crippen molar-refractivity contribution < 1.29 is 4.79 Å². The lowest BCUT2D eigenvalue weighted by molar-refractivity contribution is 0.0950.